The molecular weight excluding hydrogens is 276 g/mol. The number of nitrogens with zero attached hydrogens (tertiary/aromatic N) is 1. The van der Waals surface area contributed by atoms with Gasteiger partial charge in [-0.15, -0.1) is 0 Å². The quantitative estimate of drug-likeness (QED) is 0.910. The van der Waals surface area contributed by atoms with E-state index in [9.17, 15) is 13.2 Å². The zero-order valence-corrected chi connectivity index (χ0v) is 12.6. The summed E-state index contributed by atoms with van der Waals surface area (Å²) in [5.74, 6) is -0.0177. The lowest BCUT2D eigenvalue weighted by molar-refractivity contribution is -0.119. The van der Waals surface area contributed by atoms with Crippen molar-refractivity contribution < 1.29 is 13.2 Å². The Kier molecular flexibility index (Phi) is 4.32. The third kappa shape index (κ3) is 3.12. The van der Waals surface area contributed by atoms with Crippen LogP contribution < -0.4 is 9.62 Å². The molecule has 0 saturated heterocycles. The van der Waals surface area contributed by atoms with E-state index in [1.165, 1.54) is 11.2 Å². The summed E-state index contributed by atoms with van der Waals surface area (Å²) in [5, 5.41) is 2.82. The van der Waals surface area contributed by atoms with Crippen molar-refractivity contribution in [3.63, 3.8) is 0 Å². The Morgan fingerprint density at radius 3 is 2.75 bits per heavy atom. The molecule has 1 heterocycles. The van der Waals surface area contributed by atoms with Crippen LogP contribution in [0.25, 0.3) is 0 Å². The number of carbonyl (C=O) groups excluding carboxylic acids is 1. The van der Waals surface area contributed by atoms with E-state index in [1.807, 2.05) is 31.2 Å². The summed E-state index contributed by atoms with van der Waals surface area (Å²) in [5.41, 5.74) is 1.69. The smallest absolute Gasteiger partial charge is 0.235 e. The van der Waals surface area contributed by atoms with Crippen molar-refractivity contribution in [2.75, 3.05) is 16.6 Å². The van der Waals surface area contributed by atoms with Gasteiger partial charge in [0.05, 0.1) is 24.0 Å². The lowest BCUT2D eigenvalue weighted by atomic mass is 10.00. The standard InChI is InChI=1S/C14H20N2O3S/c1-3-8-20(18,19)16-10-13(15-11(2)17)9-12-6-4-5-7-14(12)16/h4-7,13H,3,8-10H2,1-2H3,(H,15,17)/t13-/m1/s1. The van der Waals surface area contributed by atoms with Crippen LogP contribution in [0, 0.1) is 0 Å². The van der Waals surface area contributed by atoms with Crippen LogP contribution in [-0.4, -0.2) is 32.7 Å². The zero-order valence-electron chi connectivity index (χ0n) is 11.8. The molecule has 110 valence electrons. The van der Waals surface area contributed by atoms with Gasteiger partial charge in [-0.1, -0.05) is 25.1 Å². The number of rotatable bonds is 4. The molecule has 0 bridgehead atoms. The van der Waals surface area contributed by atoms with E-state index in [-0.39, 0.29) is 17.7 Å². The number of para-hydroxylation sites is 1. The van der Waals surface area contributed by atoms with Crippen molar-refractivity contribution in [1.82, 2.24) is 5.32 Å². The van der Waals surface area contributed by atoms with Crippen LogP contribution in [-0.2, 0) is 21.2 Å². The van der Waals surface area contributed by atoms with E-state index >= 15 is 0 Å². The highest BCUT2D eigenvalue weighted by Gasteiger charge is 2.31. The topological polar surface area (TPSA) is 66.5 Å². The number of hydrogen-bond donors (Lipinski definition) is 1. The number of fused-ring (bicyclic) bond motifs is 1. The lowest BCUT2D eigenvalue weighted by Crippen LogP contribution is -2.50. The van der Waals surface area contributed by atoms with Crippen LogP contribution >= 0.6 is 0 Å². The molecule has 5 nitrogen and oxygen atoms in total. The fraction of sp³-hybridized carbons (Fsp3) is 0.500. The third-order valence-electron chi connectivity index (χ3n) is 3.32. The summed E-state index contributed by atoms with van der Waals surface area (Å²) in [7, 11) is -3.33. The Labute approximate surface area is 120 Å². The van der Waals surface area contributed by atoms with Crippen molar-refractivity contribution in [1.29, 1.82) is 0 Å². The molecule has 1 aromatic carbocycles. The molecule has 1 aliphatic rings. The molecule has 0 aromatic heterocycles. The predicted octanol–water partition coefficient (Wildman–Crippen LogP) is 1.29. The first-order chi connectivity index (χ1) is 9.44. The fourth-order valence-corrected chi connectivity index (χ4v) is 4.19. The maximum atomic E-state index is 12.4. The van der Waals surface area contributed by atoms with E-state index in [0.29, 0.717) is 19.4 Å². The van der Waals surface area contributed by atoms with Gasteiger partial charge in [-0.25, -0.2) is 8.42 Å². The van der Waals surface area contributed by atoms with Gasteiger partial charge in [0.1, 0.15) is 0 Å². The molecule has 0 radical (unpaired) electrons. The lowest BCUT2D eigenvalue weighted by Gasteiger charge is -2.35. The summed E-state index contributed by atoms with van der Waals surface area (Å²) < 4.78 is 26.2. The monoisotopic (exact) mass is 296 g/mol. The SMILES string of the molecule is CCCS(=O)(=O)N1C[C@H](NC(C)=O)Cc2ccccc21. The van der Waals surface area contributed by atoms with Crippen LogP contribution in [0.15, 0.2) is 24.3 Å². The molecule has 0 unspecified atom stereocenters. The number of anilines is 1. The Morgan fingerprint density at radius 1 is 1.40 bits per heavy atom. The number of nitrogens with one attached hydrogen (secondary N) is 1. The minimum Gasteiger partial charge on any atom is -0.351 e. The minimum atomic E-state index is -3.33. The molecule has 1 aliphatic heterocycles. The Hall–Kier alpha value is -1.56. The zero-order chi connectivity index (χ0) is 14.8. The summed E-state index contributed by atoms with van der Waals surface area (Å²) in [6.45, 7) is 3.60. The van der Waals surface area contributed by atoms with E-state index in [2.05, 4.69) is 5.32 Å². The highest BCUT2D eigenvalue weighted by Crippen LogP contribution is 2.29. The molecule has 20 heavy (non-hydrogen) atoms. The molecule has 1 atom stereocenters. The predicted molar refractivity (Wildman–Crippen MR) is 79.2 cm³/mol. The van der Waals surface area contributed by atoms with Crippen LogP contribution in [0.5, 0.6) is 0 Å². The van der Waals surface area contributed by atoms with Gasteiger partial charge in [0, 0.05) is 6.92 Å². The van der Waals surface area contributed by atoms with Crippen LogP contribution in [0.4, 0.5) is 5.69 Å². The van der Waals surface area contributed by atoms with Crippen molar-refractivity contribution in [3.05, 3.63) is 29.8 Å². The minimum absolute atomic E-state index is 0.119. The fourth-order valence-electron chi connectivity index (χ4n) is 2.57. The second-order valence-corrected chi connectivity index (χ2v) is 7.09. The highest BCUT2D eigenvalue weighted by atomic mass is 32.2. The number of benzene rings is 1. The third-order valence-corrected chi connectivity index (χ3v) is 5.26. The molecule has 0 saturated carbocycles. The average molecular weight is 296 g/mol. The summed E-state index contributed by atoms with van der Waals surface area (Å²) >= 11 is 0. The first-order valence-electron chi connectivity index (χ1n) is 6.79. The van der Waals surface area contributed by atoms with E-state index < -0.39 is 10.0 Å². The van der Waals surface area contributed by atoms with Gasteiger partial charge in [0.2, 0.25) is 15.9 Å². The Morgan fingerprint density at radius 2 is 2.10 bits per heavy atom. The molecule has 0 fully saturated rings. The first kappa shape index (κ1) is 14.8. The van der Waals surface area contributed by atoms with Gasteiger partial charge in [-0.3, -0.25) is 9.10 Å². The molecule has 0 spiro atoms. The summed E-state index contributed by atoms with van der Waals surface area (Å²) in [6, 6.07) is 7.30. The van der Waals surface area contributed by atoms with Gasteiger partial charge >= 0.3 is 0 Å². The highest BCUT2D eigenvalue weighted by molar-refractivity contribution is 7.92. The van der Waals surface area contributed by atoms with E-state index in [1.54, 1.807) is 0 Å². The van der Waals surface area contributed by atoms with Crippen LogP contribution in [0.2, 0.25) is 0 Å². The van der Waals surface area contributed by atoms with Gasteiger partial charge in [-0.2, -0.15) is 0 Å². The second-order valence-electron chi connectivity index (χ2n) is 5.08. The number of hydrogen-bond acceptors (Lipinski definition) is 3. The molecular formula is C14H20N2O3S. The normalized spacial score (nSPS) is 18.5. The van der Waals surface area contributed by atoms with Crippen molar-refractivity contribution in [2.45, 2.75) is 32.7 Å². The van der Waals surface area contributed by atoms with Gasteiger partial charge in [-0.05, 0) is 24.5 Å². The summed E-state index contributed by atoms with van der Waals surface area (Å²) in [6.07, 6.45) is 1.24. The van der Waals surface area contributed by atoms with E-state index in [4.69, 9.17) is 0 Å². The van der Waals surface area contributed by atoms with Crippen molar-refractivity contribution >= 4 is 21.6 Å². The maximum absolute atomic E-state index is 12.4. The number of carbonyl (C=O) groups is 1. The molecule has 2 rings (SSSR count). The average Bonchev–Trinajstić information content (AvgIpc) is 2.37. The molecule has 1 aromatic rings. The van der Waals surface area contributed by atoms with E-state index in [0.717, 1.165) is 11.3 Å². The molecule has 0 aliphatic carbocycles. The molecule has 1 N–H and O–H groups in total. The van der Waals surface area contributed by atoms with Crippen LogP contribution in [0.1, 0.15) is 25.8 Å². The van der Waals surface area contributed by atoms with Gasteiger partial charge < -0.3 is 5.32 Å². The molecule has 1 amide bonds. The number of amides is 1. The van der Waals surface area contributed by atoms with Crippen LogP contribution in [0.3, 0.4) is 0 Å². The van der Waals surface area contributed by atoms with Crippen molar-refractivity contribution in [3.8, 4) is 0 Å². The van der Waals surface area contributed by atoms with Crippen molar-refractivity contribution in [2.24, 2.45) is 0 Å². The van der Waals surface area contributed by atoms with Gasteiger partial charge in [0.25, 0.3) is 0 Å². The maximum Gasteiger partial charge on any atom is 0.235 e. The largest absolute Gasteiger partial charge is 0.351 e. The number of sulfonamides is 1. The summed E-state index contributed by atoms with van der Waals surface area (Å²) in [4.78, 5) is 11.2. The Balaban J connectivity index is 2.37. The second kappa shape index (κ2) is 5.83. The molecule has 6 heteroatoms. The van der Waals surface area contributed by atoms with Gasteiger partial charge in [0.15, 0.2) is 0 Å². The first-order valence-corrected chi connectivity index (χ1v) is 8.40. The Bertz CT molecular complexity index is 598.